The van der Waals surface area contributed by atoms with Crippen LogP contribution in [0.3, 0.4) is 0 Å². The van der Waals surface area contributed by atoms with Crippen LogP contribution >= 0.6 is 11.6 Å². The van der Waals surface area contributed by atoms with Crippen molar-refractivity contribution < 1.29 is 0 Å². The van der Waals surface area contributed by atoms with Gasteiger partial charge in [0.25, 0.3) is 0 Å². The summed E-state index contributed by atoms with van der Waals surface area (Å²) in [6.45, 7) is 5.13. The third-order valence-corrected chi connectivity index (χ3v) is 1.97. The molecule has 0 unspecified atom stereocenters. The van der Waals surface area contributed by atoms with Gasteiger partial charge < -0.3 is 9.88 Å². The van der Waals surface area contributed by atoms with Gasteiger partial charge in [0, 0.05) is 31.5 Å². The lowest BCUT2D eigenvalue weighted by Gasteiger charge is -2.08. The Balaban J connectivity index is 2.57. The predicted octanol–water partition coefficient (Wildman–Crippen LogP) is 2.18. The second-order valence-corrected chi connectivity index (χ2v) is 3.73. The lowest BCUT2D eigenvalue weighted by molar-refractivity contribution is 0.571. The Bertz CT molecular complexity index is 253. The van der Waals surface area contributed by atoms with Gasteiger partial charge in [0.15, 0.2) is 0 Å². The van der Waals surface area contributed by atoms with Crippen molar-refractivity contribution in [3.05, 3.63) is 23.0 Å². The molecule has 0 aliphatic rings. The van der Waals surface area contributed by atoms with E-state index in [2.05, 4.69) is 19.2 Å². The third-order valence-electron chi connectivity index (χ3n) is 1.77. The van der Waals surface area contributed by atoms with E-state index in [0.29, 0.717) is 6.04 Å². The van der Waals surface area contributed by atoms with Crippen LogP contribution in [0.2, 0.25) is 5.02 Å². The van der Waals surface area contributed by atoms with Gasteiger partial charge in [0.1, 0.15) is 0 Å². The highest BCUT2D eigenvalue weighted by molar-refractivity contribution is 6.30. The molecule has 0 saturated carbocycles. The minimum absolute atomic E-state index is 0.513. The Morgan fingerprint density at radius 3 is 2.67 bits per heavy atom. The molecule has 0 aliphatic carbocycles. The second kappa shape index (κ2) is 3.97. The molecule has 3 heteroatoms. The lowest BCUT2D eigenvalue weighted by Crippen LogP contribution is -2.22. The molecule has 2 nitrogen and oxygen atoms in total. The van der Waals surface area contributed by atoms with Gasteiger partial charge in [-0.3, -0.25) is 0 Å². The first-order valence-electron chi connectivity index (χ1n) is 4.13. The van der Waals surface area contributed by atoms with Crippen LogP contribution in [0, 0.1) is 0 Å². The number of nitrogens with one attached hydrogen (secondary N) is 1. The van der Waals surface area contributed by atoms with Crippen LogP contribution in [0.25, 0.3) is 0 Å². The van der Waals surface area contributed by atoms with Crippen LogP contribution in [0.5, 0.6) is 0 Å². The van der Waals surface area contributed by atoms with E-state index in [-0.39, 0.29) is 0 Å². The van der Waals surface area contributed by atoms with Crippen LogP contribution in [-0.2, 0) is 13.6 Å². The largest absolute Gasteiger partial charge is 0.352 e. The molecule has 0 aliphatic heterocycles. The number of aromatic nitrogens is 1. The average molecular weight is 187 g/mol. The van der Waals surface area contributed by atoms with Crippen molar-refractivity contribution >= 4 is 11.6 Å². The number of hydrogen-bond acceptors (Lipinski definition) is 1. The normalized spacial score (nSPS) is 11.1. The average Bonchev–Trinajstić information content (AvgIpc) is 2.26. The molecule has 1 aromatic heterocycles. The number of nitrogens with zero attached hydrogens (tertiary/aromatic N) is 1. The fourth-order valence-corrected chi connectivity index (χ4v) is 1.32. The maximum absolute atomic E-state index is 5.83. The highest BCUT2D eigenvalue weighted by Crippen LogP contribution is 2.12. The minimum Gasteiger partial charge on any atom is -0.352 e. The predicted molar refractivity (Wildman–Crippen MR) is 52.4 cm³/mol. The van der Waals surface area contributed by atoms with Crippen LogP contribution < -0.4 is 5.32 Å². The second-order valence-electron chi connectivity index (χ2n) is 3.30. The quantitative estimate of drug-likeness (QED) is 0.766. The van der Waals surface area contributed by atoms with E-state index in [1.54, 1.807) is 0 Å². The Hall–Kier alpha value is -0.470. The Morgan fingerprint density at radius 1 is 1.58 bits per heavy atom. The summed E-state index contributed by atoms with van der Waals surface area (Å²) in [7, 11) is 2.00. The van der Waals surface area contributed by atoms with Crippen molar-refractivity contribution in [2.24, 2.45) is 7.05 Å². The van der Waals surface area contributed by atoms with Crippen molar-refractivity contribution in [1.29, 1.82) is 0 Å². The smallest absolute Gasteiger partial charge is 0.0585 e. The summed E-state index contributed by atoms with van der Waals surface area (Å²) in [6.07, 6.45) is 1.92. The first-order valence-corrected chi connectivity index (χ1v) is 4.51. The van der Waals surface area contributed by atoms with E-state index in [0.717, 1.165) is 11.6 Å². The summed E-state index contributed by atoms with van der Waals surface area (Å²) in [5, 5.41) is 4.14. The molecular formula is C9H15ClN2. The van der Waals surface area contributed by atoms with Gasteiger partial charge in [-0.05, 0) is 6.07 Å². The molecule has 0 amide bonds. The number of hydrogen-bond donors (Lipinski definition) is 1. The van der Waals surface area contributed by atoms with Crippen molar-refractivity contribution in [2.75, 3.05) is 0 Å². The molecule has 1 aromatic rings. The molecule has 0 spiro atoms. The zero-order valence-corrected chi connectivity index (χ0v) is 8.52. The van der Waals surface area contributed by atoms with Crippen LogP contribution in [0.1, 0.15) is 19.5 Å². The molecule has 0 saturated heterocycles. The Labute approximate surface area is 78.5 Å². The lowest BCUT2D eigenvalue weighted by atomic mass is 10.3. The van der Waals surface area contributed by atoms with Gasteiger partial charge in [-0.1, -0.05) is 25.4 Å². The first-order chi connectivity index (χ1) is 5.59. The fourth-order valence-electron chi connectivity index (χ4n) is 1.05. The fraction of sp³-hybridized carbons (Fsp3) is 0.556. The van der Waals surface area contributed by atoms with Gasteiger partial charge in [-0.15, -0.1) is 0 Å². The topological polar surface area (TPSA) is 17.0 Å². The monoisotopic (exact) mass is 186 g/mol. The highest BCUT2D eigenvalue weighted by atomic mass is 35.5. The van der Waals surface area contributed by atoms with Crippen molar-refractivity contribution in [3.63, 3.8) is 0 Å². The maximum Gasteiger partial charge on any atom is 0.0585 e. The molecule has 1 N–H and O–H groups in total. The summed E-state index contributed by atoms with van der Waals surface area (Å²) in [4.78, 5) is 0. The number of rotatable bonds is 3. The van der Waals surface area contributed by atoms with E-state index in [9.17, 15) is 0 Å². The summed E-state index contributed by atoms with van der Waals surface area (Å²) in [5.41, 5.74) is 1.22. The summed E-state index contributed by atoms with van der Waals surface area (Å²) in [6, 6.07) is 2.50. The zero-order chi connectivity index (χ0) is 9.14. The maximum atomic E-state index is 5.83. The molecule has 1 rings (SSSR count). The molecular weight excluding hydrogens is 172 g/mol. The highest BCUT2D eigenvalue weighted by Gasteiger charge is 2.01. The van der Waals surface area contributed by atoms with E-state index in [1.165, 1.54) is 5.69 Å². The minimum atomic E-state index is 0.513. The molecule has 0 bridgehead atoms. The standard InChI is InChI=1S/C9H15ClN2/c1-7(2)11-5-9-4-8(10)6-12(9)3/h4,6-7,11H,5H2,1-3H3. The third kappa shape index (κ3) is 2.54. The van der Waals surface area contributed by atoms with E-state index in [4.69, 9.17) is 11.6 Å². The number of halogens is 1. The van der Waals surface area contributed by atoms with Gasteiger partial charge in [0.05, 0.1) is 5.02 Å². The molecule has 0 radical (unpaired) electrons. The van der Waals surface area contributed by atoms with Gasteiger partial charge >= 0.3 is 0 Å². The molecule has 0 fully saturated rings. The first kappa shape index (κ1) is 9.62. The van der Waals surface area contributed by atoms with E-state index >= 15 is 0 Å². The Kier molecular flexibility index (Phi) is 3.18. The van der Waals surface area contributed by atoms with Crippen LogP contribution in [0.4, 0.5) is 0 Å². The molecule has 1 heterocycles. The van der Waals surface area contributed by atoms with Gasteiger partial charge in [-0.2, -0.15) is 0 Å². The van der Waals surface area contributed by atoms with E-state index in [1.807, 2.05) is 23.9 Å². The summed E-state index contributed by atoms with van der Waals surface area (Å²) < 4.78 is 2.04. The van der Waals surface area contributed by atoms with Crippen LogP contribution in [-0.4, -0.2) is 10.6 Å². The molecule has 12 heavy (non-hydrogen) atoms. The summed E-state index contributed by atoms with van der Waals surface area (Å²) >= 11 is 5.83. The van der Waals surface area contributed by atoms with E-state index < -0.39 is 0 Å². The molecule has 0 aromatic carbocycles. The van der Waals surface area contributed by atoms with Crippen molar-refractivity contribution in [3.8, 4) is 0 Å². The van der Waals surface area contributed by atoms with Crippen LogP contribution in [0.15, 0.2) is 12.3 Å². The van der Waals surface area contributed by atoms with Gasteiger partial charge in [0.2, 0.25) is 0 Å². The van der Waals surface area contributed by atoms with Crippen molar-refractivity contribution in [1.82, 2.24) is 9.88 Å². The SMILES string of the molecule is CC(C)NCc1cc(Cl)cn1C. The zero-order valence-electron chi connectivity index (χ0n) is 7.76. The molecule has 0 atom stereocenters. The van der Waals surface area contributed by atoms with Gasteiger partial charge in [-0.25, -0.2) is 0 Å². The van der Waals surface area contributed by atoms with Crippen molar-refractivity contribution in [2.45, 2.75) is 26.4 Å². The number of aryl methyl sites for hydroxylation is 1. The molecule has 68 valence electrons. The Morgan fingerprint density at radius 2 is 2.25 bits per heavy atom. The summed E-state index contributed by atoms with van der Waals surface area (Å²) in [5.74, 6) is 0.